The van der Waals surface area contributed by atoms with Crippen LogP contribution in [0.1, 0.15) is 48.8 Å². The predicted octanol–water partition coefficient (Wildman–Crippen LogP) is 4.57. The van der Waals surface area contributed by atoms with Crippen molar-refractivity contribution in [1.82, 2.24) is 9.80 Å². The van der Waals surface area contributed by atoms with Gasteiger partial charge >= 0.3 is 0 Å². The number of rotatable bonds is 4. The quantitative estimate of drug-likeness (QED) is 0.694. The van der Waals surface area contributed by atoms with E-state index < -0.39 is 0 Å². The number of hydrogen-bond acceptors (Lipinski definition) is 4. The van der Waals surface area contributed by atoms with Crippen molar-refractivity contribution in [2.24, 2.45) is 4.99 Å². The Morgan fingerprint density at radius 2 is 1.55 bits per heavy atom. The lowest BCUT2D eigenvalue weighted by molar-refractivity contribution is -0.118. The van der Waals surface area contributed by atoms with E-state index >= 15 is 0 Å². The molecule has 5 heteroatoms. The molecule has 1 unspecified atom stereocenters. The Morgan fingerprint density at radius 1 is 0.879 bits per heavy atom. The average Bonchev–Trinajstić information content (AvgIpc) is 3.15. The second-order valence-electron chi connectivity index (χ2n) is 9.97. The molecule has 1 amide bonds. The number of aryl methyl sites for hydroxylation is 2. The van der Waals surface area contributed by atoms with Crippen molar-refractivity contribution >= 4 is 17.6 Å². The molecule has 2 fully saturated rings. The Balaban J connectivity index is 1.38. The molecule has 0 saturated carbocycles. The molecule has 3 heterocycles. The van der Waals surface area contributed by atoms with Gasteiger partial charge in [0.2, 0.25) is 5.96 Å². The van der Waals surface area contributed by atoms with Crippen LogP contribution in [0.2, 0.25) is 0 Å². The highest BCUT2D eigenvalue weighted by atomic mass is 16.2. The van der Waals surface area contributed by atoms with Crippen molar-refractivity contribution in [2.45, 2.75) is 64.5 Å². The minimum Gasteiger partial charge on any atom is -0.342 e. The molecule has 0 bridgehead atoms. The highest BCUT2D eigenvalue weighted by Crippen LogP contribution is 2.29. The number of nitrogens with zero attached hydrogens (tertiary/aromatic N) is 4. The van der Waals surface area contributed by atoms with E-state index in [0.717, 1.165) is 43.1 Å². The lowest BCUT2D eigenvalue weighted by Crippen LogP contribution is -2.52. The maximum atomic E-state index is 13.7. The Labute approximate surface area is 198 Å². The van der Waals surface area contributed by atoms with Crippen LogP contribution in [-0.4, -0.2) is 59.9 Å². The number of carbonyl (C=O) groups is 1. The number of hydrogen-bond donors (Lipinski definition) is 0. The molecule has 5 rings (SSSR count). The van der Waals surface area contributed by atoms with E-state index in [2.05, 4.69) is 54.0 Å². The number of guanidine groups is 1. The van der Waals surface area contributed by atoms with Gasteiger partial charge in [-0.2, -0.15) is 0 Å². The molecule has 0 aliphatic carbocycles. The summed E-state index contributed by atoms with van der Waals surface area (Å²) in [4.78, 5) is 25.7. The second-order valence-corrected chi connectivity index (χ2v) is 9.97. The van der Waals surface area contributed by atoms with Crippen LogP contribution in [0.25, 0.3) is 0 Å². The summed E-state index contributed by atoms with van der Waals surface area (Å²) in [7, 11) is 0. The largest absolute Gasteiger partial charge is 0.342 e. The molecule has 2 aromatic carbocycles. The molecule has 3 aliphatic heterocycles. The molecule has 2 saturated heterocycles. The molecule has 5 nitrogen and oxygen atoms in total. The first kappa shape index (κ1) is 22.1. The third-order valence-corrected chi connectivity index (χ3v) is 7.37. The zero-order valence-electron chi connectivity index (χ0n) is 20.0. The van der Waals surface area contributed by atoms with Gasteiger partial charge in [-0.25, -0.2) is 9.89 Å². The van der Waals surface area contributed by atoms with E-state index in [-0.39, 0.29) is 11.9 Å². The molecule has 174 valence electrons. The van der Waals surface area contributed by atoms with Gasteiger partial charge in [0.05, 0.1) is 5.69 Å². The van der Waals surface area contributed by atoms with E-state index in [4.69, 9.17) is 4.99 Å². The Bertz CT molecular complexity index is 984. The summed E-state index contributed by atoms with van der Waals surface area (Å²) in [5, 5.41) is 0. The van der Waals surface area contributed by atoms with Crippen LogP contribution in [0, 0.1) is 13.8 Å². The molecule has 0 N–H and O–H groups in total. The van der Waals surface area contributed by atoms with E-state index in [0.29, 0.717) is 12.5 Å². The second kappa shape index (κ2) is 9.68. The zero-order chi connectivity index (χ0) is 22.8. The maximum absolute atomic E-state index is 13.7. The van der Waals surface area contributed by atoms with Crippen molar-refractivity contribution < 1.29 is 4.79 Å². The van der Waals surface area contributed by atoms with Gasteiger partial charge in [0, 0.05) is 25.6 Å². The van der Waals surface area contributed by atoms with Gasteiger partial charge in [-0.15, -0.1) is 0 Å². The van der Waals surface area contributed by atoms with Crippen molar-refractivity contribution in [3.8, 4) is 0 Å². The molecule has 0 radical (unpaired) electrons. The molecular weight excluding hydrogens is 408 g/mol. The van der Waals surface area contributed by atoms with Crippen molar-refractivity contribution in [1.29, 1.82) is 0 Å². The minimum absolute atomic E-state index is 0.0945. The number of aliphatic imine (C=N–C) groups is 1. The standard InChI is InChI=1S/C28H36N4O/c1-21-17-22(2)19-25(18-21)32-27(33)26(20-23-9-5-3-6-10-23)29-28(32)31-15-11-24(12-16-31)30-13-7-4-8-14-30/h3,5-6,9-10,17-19,24,26H,4,7-8,11-16,20H2,1-2H3. The number of benzene rings is 2. The van der Waals surface area contributed by atoms with Crippen LogP contribution in [0.3, 0.4) is 0 Å². The lowest BCUT2D eigenvalue weighted by Gasteiger charge is -2.41. The smallest absolute Gasteiger partial charge is 0.259 e. The van der Waals surface area contributed by atoms with Gasteiger partial charge < -0.3 is 9.80 Å². The number of likely N-dealkylation sites (tertiary alicyclic amines) is 2. The summed E-state index contributed by atoms with van der Waals surface area (Å²) in [5.41, 5.74) is 4.45. The Morgan fingerprint density at radius 3 is 2.21 bits per heavy atom. The van der Waals surface area contributed by atoms with Crippen LogP contribution in [0.15, 0.2) is 53.5 Å². The molecular formula is C28H36N4O. The third kappa shape index (κ3) is 4.84. The summed E-state index contributed by atoms with van der Waals surface area (Å²) < 4.78 is 0. The van der Waals surface area contributed by atoms with Crippen molar-refractivity contribution in [3.63, 3.8) is 0 Å². The van der Waals surface area contributed by atoms with Crippen molar-refractivity contribution in [3.05, 3.63) is 65.2 Å². The molecule has 0 spiro atoms. The van der Waals surface area contributed by atoms with E-state index in [9.17, 15) is 4.79 Å². The molecule has 1 atom stereocenters. The normalized spacial score (nSPS) is 22.7. The van der Waals surface area contributed by atoms with Gasteiger partial charge in [-0.05, 0) is 81.4 Å². The van der Waals surface area contributed by atoms with Gasteiger partial charge in [0.25, 0.3) is 5.91 Å². The first-order valence-electron chi connectivity index (χ1n) is 12.6. The highest BCUT2D eigenvalue weighted by Gasteiger charge is 2.40. The first-order valence-corrected chi connectivity index (χ1v) is 12.6. The topological polar surface area (TPSA) is 39.2 Å². The fourth-order valence-corrected chi connectivity index (χ4v) is 5.73. The number of amides is 1. The third-order valence-electron chi connectivity index (χ3n) is 7.37. The van der Waals surface area contributed by atoms with Gasteiger partial charge in [-0.3, -0.25) is 4.79 Å². The van der Waals surface area contributed by atoms with Gasteiger partial charge in [0.15, 0.2) is 0 Å². The SMILES string of the molecule is Cc1cc(C)cc(N2C(=O)C(Cc3ccccc3)N=C2N2CCC(N3CCCCC3)CC2)c1. The fraction of sp³-hybridized carbons (Fsp3) is 0.500. The first-order chi connectivity index (χ1) is 16.1. The molecule has 3 aliphatic rings. The number of anilines is 1. The Kier molecular flexibility index (Phi) is 6.50. The lowest BCUT2D eigenvalue weighted by atomic mass is 10.00. The summed E-state index contributed by atoms with van der Waals surface area (Å²) in [6.07, 6.45) is 7.00. The number of piperidine rings is 2. The monoisotopic (exact) mass is 444 g/mol. The van der Waals surface area contributed by atoms with E-state index in [1.807, 2.05) is 23.1 Å². The highest BCUT2D eigenvalue weighted by molar-refractivity contribution is 6.22. The maximum Gasteiger partial charge on any atom is 0.259 e. The van der Waals surface area contributed by atoms with Crippen LogP contribution in [-0.2, 0) is 11.2 Å². The summed E-state index contributed by atoms with van der Waals surface area (Å²) in [6.45, 7) is 8.62. The van der Waals surface area contributed by atoms with Crippen LogP contribution >= 0.6 is 0 Å². The fourth-order valence-electron chi connectivity index (χ4n) is 5.73. The molecule has 33 heavy (non-hydrogen) atoms. The van der Waals surface area contributed by atoms with Gasteiger partial charge in [0.1, 0.15) is 6.04 Å². The Hall–Kier alpha value is -2.66. The van der Waals surface area contributed by atoms with Crippen LogP contribution in [0.4, 0.5) is 5.69 Å². The minimum atomic E-state index is -0.358. The van der Waals surface area contributed by atoms with Gasteiger partial charge in [-0.1, -0.05) is 42.8 Å². The predicted molar refractivity (Wildman–Crippen MR) is 135 cm³/mol. The van der Waals surface area contributed by atoms with Crippen molar-refractivity contribution in [2.75, 3.05) is 31.1 Å². The average molecular weight is 445 g/mol. The zero-order valence-corrected chi connectivity index (χ0v) is 20.0. The van der Waals surface area contributed by atoms with E-state index in [1.54, 1.807) is 0 Å². The molecule has 0 aromatic heterocycles. The summed E-state index contributed by atoms with van der Waals surface area (Å²) in [6, 6.07) is 17.0. The van der Waals surface area contributed by atoms with E-state index in [1.165, 1.54) is 43.5 Å². The summed E-state index contributed by atoms with van der Waals surface area (Å²) in [5.74, 6) is 0.944. The number of carbonyl (C=O) groups excluding carboxylic acids is 1. The molecule has 2 aromatic rings. The van der Waals surface area contributed by atoms with Crippen LogP contribution < -0.4 is 4.90 Å². The summed E-state index contributed by atoms with van der Waals surface area (Å²) >= 11 is 0. The van der Waals surface area contributed by atoms with Crippen LogP contribution in [0.5, 0.6) is 0 Å².